The molecule has 2 atom stereocenters. The third-order valence-electron chi connectivity index (χ3n) is 2.16. The van der Waals surface area contributed by atoms with Crippen LogP contribution in [0.3, 0.4) is 0 Å². The van der Waals surface area contributed by atoms with Crippen molar-refractivity contribution in [1.29, 1.82) is 0 Å². The molecule has 0 aromatic rings. The Morgan fingerprint density at radius 1 is 1.42 bits per heavy atom. The van der Waals surface area contributed by atoms with Crippen LogP contribution in [0.2, 0.25) is 0 Å². The van der Waals surface area contributed by atoms with E-state index in [9.17, 15) is 0 Å². The molecule has 1 fully saturated rings. The smallest absolute Gasteiger partial charge is 0.0587 e. The minimum atomic E-state index is 0.387. The first kappa shape index (κ1) is 9.75. The lowest BCUT2D eigenvalue weighted by molar-refractivity contribution is -0.0104. The summed E-state index contributed by atoms with van der Waals surface area (Å²) in [5.74, 6) is 0. The first-order valence-electron chi connectivity index (χ1n) is 4.75. The largest absolute Gasteiger partial charge is 0.375 e. The van der Waals surface area contributed by atoms with Gasteiger partial charge in [0.2, 0.25) is 0 Å². The van der Waals surface area contributed by atoms with E-state index in [-0.39, 0.29) is 0 Å². The third-order valence-corrected chi connectivity index (χ3v) is 2.16. The highest BCUT2D eigenvalue weighted by Gasteiger charge is 2.18. The van der Waals surface area contributed by atoms with Crippen molar-refractivity contribution < 1.29 is 4.74 Å². The molecule has 2 unspecified atom stereocenters. The molecule has 0 aromatic heterocycles. The van der Waals surface area contributed by atoms with E-state index in [1.165, 1.54) is 5.57 Å². The molecule has 2 nitrogen and oxygen atoms in total. The summed E-state index contributed by atoms with van der Waals surface area (Å²) in [6.07, 6.45) is 6.23. The highest BCUT2D eigenvalue weighted by Crippen LogP contribution is 2.23. The predicted octanol–water partition coefficient (Wildman–Crippen LogP) is 1.85. The molecule has 2 N–H and O–H groups in total. The van der Waals surface area contributed by atoms with Gasteiger partial charge < -0.3 is 10.5 Å². The summed E-state index contributed by atoms with van der Waals surface area (Å²) in [4.78, 5) is 0. The molecule has 0 bridgehead atoms. The van der Waals surface area contributed by atoms with Crippen LogP contribution >= 0.6 is 0 Å². The van der Waals surface area contributed by atoms with Crippen molar-refractivity contribution in [3.63, 3.8) is 0 Å². The van der Waals surface area contributed by atoms with Gasteiger partial charge in [0, 0.05) is 0 Å². The molecule has 1 heterocycles. The normalized spacial score (nSPS) is 30.4. The Balaban J connectivity index is 2.43. The average Bonchev–Trinajstić information content (AvgIpc) is 1.99. The van der Waals surface area contributed by atoms with Gasteiger partial charge in [-0.25, -0.2) is 0 Å². The van der Waals surface area contributed by atoms with Crippen LogP contribution in [0.5, 0.6) is 0 Å². The Morgan fingerprint density at radius 2 is 2.00 bits per heavy atom. The van der Waals surface area contributed by atoms with E-state index in [0.29, 0.717) is 12.2 Å². The van der Waals surface area contributed by atoms with Gasteiger partial charge in [-0.1, -0.05) is 11.6 Å². The topological polar surface area (TPSA) is 35.2 Å². The molecule has 1 aliphatic heterocycles. The van der Waals surface area contributed by atoms with E-state index in [2.05, 4.69) is 19.9 Å². The van der Waals surface area contributed by atoms with E-state index >= 15 is 0 Å². The number of nitrogens with two attached hydrogens (primary N) is 1. The minimum absolute atomic E-state index is 0.387. The molecule has 0 amide bonds. The second-order valence-corrected chi connectivity index (χ2v) is 3.61. The van der Waals surface area contributed by atoms with Gasteiger partial charge in [0.1, 0.15) is 0 Å². The van der Waals surface area contributed by atoms with Crippen LogP contribution in [-0.4, -0.2) is 18.8 Å². The summed E-state index contributed by atoms with van der Waals surface area (Å²) in [7, 11) is 0. The van der Waals surface area contributed by atoms with Crippen molar-refractivity contribution >= 4 is 0 Å². The summed E-state index contributed by atoms with van der Waals surface area (Å²) in [5.41, 5.74) is 6.96. The molecule has 0 aliphatic carbocycles. The second kappa shape index (κ2) is 4.63. The Bertz CT molecular complexity index is 153. The molecule has 12 heavy (non-hydrogen) atoms. The zero-order chi connectivity index (χ0) is 8.97. The third kappa shape index (κ3) is 2.95. The van der Waals surface area contributed by atoms with E-state index < -0.39 is 0 Å². The quantitative estimate of drug-likeness (QED) is 0.640. The first-order chi connectivity index (χ1) is 5.72. The van der Waals surface area contributed by atoms with Gasteiger partial charge in [-0.05, 0) is 39.7 Å². The van der Waals surface area contributed by atoms with Crippen LogP contribution in [0.1, 0.15) is 33.1 Å². The molecule has 0 spiro atoms. The van der Waals surface area contributed by atoms with Crippen molar-refractivity contribution in [3.05, 3.63) is 11.6 Å². The summed E-state index contributed by atoms with van der Waals surface area (Å²) in [5, 5.41) is 0. The summed E-state index contributed by atoms with van der Waals surface area (Å²) in [6, 6.07) is 0. The maximum Gasteiger partial charge on any atom is 0.0587 e. The zero-order valence-electron chi connectivity index (χ0n) is 8.05. The lowest BCUT2D eigenvalue weighted by Gasteiger charge is -2.27. The molecule has 0 aromatic carbocycles. The summed E-state index contributed by atoms with van der Waals surface area (Å²) >= 11 is 0. The minimum Gasteiger partial charge on any atom is -0.375 e. The fourth-order valence-electron chi connectivity index (χ4n) is 1.77. The lowest BCUT2D eigenvalue weighted by Crippen LogP contribution is -2.24. The Labute approximate surface area is 74.8 Å². The zero-order valence-corrected chi connectivity index (χ0v) is 8.05. The van der Waals surface area contributed by atoms with E-state index in [1.807, 2.05) is 0 Å². The number of hydrogen-bond acceptors (Lipinski definition) is 2. The second-order valence-electron chi connectivity index (χ2n) is 3.61. The van der Waals surface area contributed by atoms with E-state index in [4.69, 9.17) is 10.5 Å². The molecular formula is C10H19NO. The van der Waals surface area contributed by atoms with Gasteiger partial charge in [-0.2, -0.15) is 0 Å². The van der Waals surface area contributed by atoms with Crippen molar-refractivity contribution in [2.24, 2.45) is 5.73 Å². The monoisotopic (exact) mass is 169 g/mol. The van der Waals surface area contributed by atoms with Crippen LogP contribution in [0.25, 0.3) is 0 Å². The Hall–Kier alpha value is -0.340. The van der Waals surface area contributed by atoms with Crippen LogP contribution < -0.4 is 5.73 Å². The first-order valence-corrected chi connectivity index (χ1v) is 4.75. The molecule has 1 rings (SSSR count). The van der Waals surface area contributed by atoms with Gasteiger partial charge in [0.25, 0.3) is 0 Å². The van der Waals surface area contributed by atoms with Gasteiger partial charge >= 0.3 is 0 Å². The molecule has 0 saturated carbocycles. The average molecular weight is 169 g/mol. The van der Waals surface area contributed by atoms with Crippen molar-refractivity contribution in [3.8, 4) is 0 Å². The number of hydrogen-bond donors (Lipinski definition) is 1. The number of ether oxygens (including phenoxy) is 1. The van der Waals surface area contributed by atoms with E-state index in [1.54, 1.807) is 0 Å². The predicted molar refractivity (Wildman–Crippen MR) is 51.0 cm³/mol. The van der Waals surface area contributed by atoms with Gasteiger partial charge in [0.05, 0.1) is 12.2 Å². The van der Waals surface area contributed by atoms with Gasteiger partial charge in [0.15, 0.2) is 0 Å². The Kier molecular flexibility index (Phi) is 3.76. The Morgan fingerprint density at radius 3 is 2.50 bits per heavy atom. The maximum atomic E-state index is 5.62. The molecule has 70 valence electrons. The van der Waals surface area contributed by atoms with Crippen LogP contribution in [0, 0.1) is 0 Å². The summed E-state index contributed by atoms with van der Waals surface area (Å²) < 4.78 is 5.62. The number of rotatable bonds is 2. The SMILES string of the molecule is CC1CC(=CCCN)CC(C)O1. The summed E-state index contributed by atoms with van der Waals surface area (Å²) in [6.45, 7) is 5.02. The standard InChI is InChI=1S/C10H19NO/c1-8-6-10(4-3-5-11)7-9(2)12-8/h4,8-9H,3,5-7,11H2,1-2H3. The molecule has 2 heteroatoms. The van der Waals surface area contributed by atoms with Gasteiger partial charge in [-0.15, -0.1) is 0 Å². The van der Waals surface area contributed by atoms with Gasteiger partial charge in [-0.3, -0.25) is 0 Å². The van der Waals surface area contributed by atoms with Crippen LogP contribution in [0.15, 0.2) is 11.6 Å². The fourth-order valence-corrected chi connectivity index (χ4v) is 1.77. The molecular weight excluding hydrogens is 150 g/mol. The highest BCUT2D eigenvalue weighted by atomic mass is 16.5. The highest BCUT2D eigenvalue weighted by molar-refractivity contribution is 5.07. The van der Waals surface area contributed by atoms with Crippen molar-refractivity contribution in [1.82, 2.24) is 0 Å². The maximum absolute atomic E-state index is 5.62. The van der Waals surface area contributed by atoms with Crippen LogP contribution in [0.4, 0.5) is 0 Å². The fraction of sp³-hybridized carbons (Fsp3) is 0.800. The van der Waals surface area contributed by atoms with Crippen molar-refractivity contribution in [2.45, 2.75) is 45.3 Å². The van der Waals surface area contributed by atoms with Crippen molar-refractivity contribution in [2.75, 3.05) is 6.54 Å². The molecule has 1 saturated heterocycles. The molecule has 0 radical (unpaired) electrons. The van der Waals surface area contributed by atoms with Crippen LogP contribution in [-0.2, 0) is 4.74 Å². The molecule has 1 aliphatic rings. The lowest BCUT2D eigenvalue weighted by atomic mass is 9.98. The van der Waals surface area contributed by atoms with E-state index in [0.717, 1.165) is 25.8 Å².